The van der Waals surface area contributed by atoms with Crippen molar-refractivity contribution in [3.8, 4) is 0 Å². The highest BCUT2D eigenvalue weighted by Gasteiger charge is 2.36. The lowest BCUT2D eigenvalue weighted by molar-refractivity contribution is -0.152. The molecular formula is C8H8O3. The Balaban J connectivity index is 2.15. The van der Waals surface area contributed by atoms with Crippen molar-refractivity contribution >= 4 is 11.9 Å². The molecule has 0 amide bonds. The molecule has 0 aromatic rings. The van der Waals surface area contributed by atoms with Gasteiger partial charge in [0.2, 0.25) is 0 Å². The van der Waals surface area contributed by atoms with Crippen molar-refractivity contribution in [2.45, 2.75) is 19.3 Å². The van der Waals surface area contributed by atoms with Crippen molar-refractivity contribution in [1.29, 1.82) is 0 Å². The lowest BCUT2D eigenvalue weighted by atomic mass is 9.86. The van der Waals surface area contributed by atoms with Gasteiger partial charge in [-0.15, -0.1) is 0 Å². The van der Waals surface area contributed by atoms with Crippen LogP contribution in [0.15, 0.2) is 11.6 Å². The highest BCUT2D eigenvalue weighted by molar-refractivity contribution is 5.96. The van der Waals surface area contributed by atoms with E-state index in [-0.39, 0.29) is 24.3 Å². The Hall–Kier alpha value is -1.12. The van der Waals surface area contributed by atoms with Crippen LogP contribution in [0.5, 0.6) is 0 Å². The average Bonchev–Trinajstić information content (AvgIpc) is 2.07. The third kappa shape index (κ3) is 0.964. The second kappa shape index (κ2) is 2.19. The van der Waals surface area contributed by atoms with Crippen LogP contribution in [0.4, 0.5) is 0 Å². The molecule has 0 spiro atoms. The van der Waals surface area contributed by atoms with Crippen molar-refractivity contribution in [2.24, 2.45) is 5.92 Å². The van der Waals surface area contributed by atoms with Gasteiger partial charge in [-0.25, -0.2) is 0 Å². The number of rotatable bonds is 1. The van der Waals surface area contributed by atoms with Crippen molar-refractivity contribution in [3.05, 3.63) is 11.6 Å². The molecule has 58 valence electrons. The van der Waals surface area contributed by atoms with Crippen LogP contribution >= 0.6 is 0 Å². The van der Waals surface area contributed by atoms with Gasteiger partial charge in [0.15, 0.2) is 0 Å². The summed E-state index contributed by atoms with van der Waals surface area (Å²) in [5.74, 6) is -0.981. The van der Waals surface area contributed by atoms with Crippen LogP contribution in [0.1, 0.15) is 19.3 Å². The lowest BCUT2D eigenvalue weighted by Gasteiger charge is -2.16. The van der Waals surface area contributed by atoms with Gasteiger partial charge in [0, 0.05) is 0 Å². The minimum Gasteiger partial charge on any atom is -0.393 e. The number of ether oxygens (including phenoxy) is 1. The van der Waals surface area contributed by atoms with E-state index in [2.05, 4.69) is 4.74 Å². The predicted octanol–water partition coefficient (Wildman–Crippen LogP) is 0.796. The fraction of sp³-hybridized carbons (Fsp3) is 0.500. The third-order valence-corrected chi connectivity index (χ3v) is 2.16. The summed E-state index contributed by atoms with van der Waals surface area (Å²) in [5.41, 5.74) is 1.08. The third-order valence-electron chi connectivity index (χ3n) is 2.16. The molecule has 1 aliphatic heterocycles. The van der Waals surface area contributed by atoms with Gasteiger partial charge in [-0.3, -0.25) is 9.59 Å². The fourth-order valence-corrected chi connectivity index (χ4v) is 1.38. The molecule has 1 atom stereocenters. The first-order valence-corrected chi connectivity index (χ1v) is 3.71. The van der Waals surface area contributed by atoms with Crippen LogP contribution < -0.4 is 0 Å². The number of hydrogen-bond acceptors (Lipinski definition) is 3. The Bertz CT molecular complexity index is 252. The zero-order chi connectivity index (χ0) is 7.84. The summed E-state index contributed by atoms with van der Waals surface area (Å²) in [6.07, 6.45) is 4.25. The number of cyclic esters (lactones) is 2. The van der Waals surface area contributed by atoms with Gasteiger partial charge < -0.3 is 4.74 Å². The Morgan fingerprint density at radius 1 is 1.45 bits per heavy atom. The van der Waals surface area contributed by atoms with Crippen LogP contribution in [-0.4, -0.2) is 11.9 Å². The topological polar surface area (TPSA) is 43.4 Å². The molecule has 1 heterocycles. The average molecular weight is 152 g/mol. The highest BCUT2D eigenvalue weighted by atomic mass is 16.6. The van der Waals surface area contributed by atoms with Gasteiger partial charge in [0.1, 0.15) is 0 Å². The molecule has 2 aliphatic rings. The summed E-state index contributed by atoms with van der Waals surface area (Å²) in [5, 5.41) is 0. The molecule has 0 aromatic heterocycles. The first-order valence-electron chi connectivity index (χ1n) is 3.71. The van der Waals surface area contributed by atoms with E-state index in [1.165, 1.54) is 0 Å². The normalized spacial score (nSPS) is 29.5. The van der Waals surface area contributed by atoms with Gasteiger partial charge in [0.25, 0.3) is 0 Å². The fourth-order valence-electron chi connectivity index (χ4n) is 1.38. The van der Waals surface area contributed by atoms with E-state index in [4.69, 9.17) is 0 Å². The number of carbonyl (C=O) groups is 2. The Kier molecular flexibility index (Phi) is 1.31. The van der Waals surface area contributed by atoms with Crippen molar-refractivity contribution in [2.75, 3.05) is 0 Å². The minimum absolute atomic E-state index is 0.240. The van der Waals surface area contributed by atoms with Crippen molar-refractivity contribution in [3.63, 3.8) is 0 Å². The summed E-state index contributed by atoms with van der Waals surface area (Å²) < 4.78 is 4.41. The zero-order valence-corrected chi connectivity index (χ0v) is 6.00. The van der Waals surface area contributed by atoms with Gasteiger partial charge in [-0.05, 0) is 12.8 Å². The molecule has 0 aromatic carbocycles. The van der Waals surface area contributed by atoms with Crippen LogP contribution in [-0.2, 0) is 14.3 Å². The summed E-state index contributed by atoms with van der Waals surface area (Å²) in [4.78, 5) is 21.6. The molecule has 1 unspecified atom stereocenters. The predicted molar refractivity (Wildman–Crippen MR) is 36.5 cm³/mol. The van der Waals surface area contributed by atoms with Gasteiger partial charge in [0.05, 0.1) is 12.3 Å². The van der Waals surface area contributed by atoms with Crippen molar-refractivity contribution < 1.29 is 14.3 Å². The second-order valence-electron chi connectivity index (χ2n) is 2.87. The summed E-state index contributed by atoms with van der Waals surface area (Å²) in [6.45, 7) is 0. The van der Waals surface area contributed by atoms with E-state index in [1.54, 1.807) is 0 Å². The molecule has 1 saturated heterocycles. The highest BCUT2D eigenvalue weighted by Crippen LogP contribution is 2.32. The maximum Gasteiger partial charge on any atom is 0.321 e. The van der Waals surface area contributed by atoms with Crippen LogP contribution in [0, 0.1) is 5.92 Å². The first kappa shape index (κ1) is 6.58. The molecule has 2 rings (SSSR count). The van der Waals surface area contributed by atoms with Crippen LogP contribution in [0.25, 0.3) is 0 Å². The van der Waals surface area contributed by atoms with E-state index >= 15 is 0 Å². The second-order valence-corrected chi connectivity index (χ2v) is 2.87. The van der Waals surface area contributed by atoms with Gasteiger partial charge in [-0.2, -0.15) is 0 Å². The molecular weight excluding hydrogens is 144 g/mol. The molecule has 0 saturated carbocycles. The van der Waals surface area contributed by atoms with Gasteiger partial charge in [-0.1, -0.05) is 11.6 Å². The van der Waals surface area contributed by atoms with Gasteiger partial charge >= 0.3 is 11.9 Å². The maximum absolute atomic E-state index is 10.9. The molecule has 1 fully saturated rings. The molecule has 11 heavy (non-hydrogen) atoms. The molecule has 3 nitrogen and oxygen atoms in total. The monoisotopic (exact) mass is 152 g/mol. The number of hydrogen-bond donors (Lipinski definition) is 0. The zero-order valence-electron chi connectivity index (χ0n) is 6.00. The summed E-state index contributed by atoms with van der Waals surface area (Å²) in [7, 11) is 0. The standard InChI is InChI=1S/C8H8O3/c9-7-4-6(8(10)11-7)5-2-1-3-5/h2,6H,1,3-4H2. The Morgan fingerprint density at radius 3 is 2.55 bits per heavy atom. The number of esters is 2. The molecule has 1 aliphatic carbocycles. The molecule has 0 N–H and O–H groups in total. The SMILES string of the molecule is O=C1CC(C2=CCC2)C(=O)O1. The quantitative estimate of drug-likeness (QED) is 0.317. The summed E-state index contributed by atoms with van der Waals surface area (Å²) in [6, 6.07) is 0. The first-order chi connectivity index (χ1) is 5.27. The maximum atomic E-state index is 10.9. The van der Waals surface area contributed by atoms with Crippen LogP contribution in [0.2, 0.25) is 0 Å². The summed E-state index contributed by atoms with van der Waals surface area (Å²) >= 11 is 0. The smallest absolute Gasteiger partial charge is 0.321 e. The Morgan fingerprint density at radius 2 is 2.18 bits per heavy atom. The number of carbonyl (C=O) groups excluding carboxylic acids is 2. The van der Waals surface area contributed by atoms with E-state index in [0.717, 1.165) is 18.4 Å². The van der Waals surface area contributed by atoms with Crippen LogP contribution in [0.3, 0.4) is 0 Å². The molecule has 3 heteroatoms. The van der Waals surface area contributed by atoms with E-state index in [9.17, 15) is 9.59 Å². The largest absolute Gasteiger partial charge is 0.393 e. The van der Waals surface area contributed by atoms with E-state index < -0.39 is 0 Å². The minimum atomic E-state index is -0.382. The Labute approximate surface area is 64.0 Å². The lowest BCUT2D eigenvalue weighted by Crippen LogP contribution is -2.14. The van der Waals surface area contributed by atoms with Crippen molar-refractivity contribution in [1.82, 2.24) is 0 Å². The molecule has 0 bridgehead atoms. The van der Waals surface area contributed by atoms with E-state index in [1.807, 2.05) is 6.08 Å². The van der Waals surface area contributed by atoms with E-state index in [0.29, 0.717) is 0 Å². The molecule has 0 radical (unpaired) electrons. The number of allylic oxidation sites excluding steroid dienone is 1.